The number of rotatable bonds is 4. The average Bonchev–Trinajstić information content (AvgIpc) is 2.84. The fraction of sp³-hybridized carbons (Fsp3) is 0.154. The van der Waals surface area contributed by atoms with Crippen LogP contribution in [0.25, 0.3) is 0 Å². The van der Waals surface area contributed by atoms with E-state index >= 15 is 0 Å². The molecule has 3 nitrogen and oxygen atoms in total. The Balaban J connectivity index is 2.07. The van der Waals surface area contributed by atoms with E-state index in [1.807, 2.05) is 6.07 Å². The van der Waals surface area contributed by atoms with E-state index in [0.717, 1.165) is 4.88 Å². The molecule has 0 saturated heterocycles. The molecule has 0 radical (unpaired) electrons. The Bertz CT molecular complexity index is 631. The van der Waals surface area contributed by atoms with Crippen LogP contribution in [0.15, 0.2) is 35.7 Å². The first-order valence-corrected chi connectivity index (χ1v) is 6.42. The molecule has 0 spiro atoms. The van der Waals surface area contributed by atoms with Crippen LogP contribution in [-0.4, -0.2) is 6.36 Å². The highest BCUT2D eigenvalue weighted by Crippen LogP contribution is 2.30. The summed E-state index contributed by atoms with van der Waals surface area (Å²) >= 11 is 1.36. The number of hydrogen-bond acceptors (Lipinski definition) is 4. The summed E-state index contributed by atoms with van der Waals surface area (Å²) in [6, 6.07) is 9.50. The first kappa shape index (κ1) is 14.2. The van der Waals surface area contributed by atoms with Crippen LogP contribution in [0.2, 0.25) is 0 Å². The Labute approximate surface area is 117 Å². The van der Waals surface area contributed by atoms with Crippen molar-refractivity contribution in [2.45, 2.75) is 12.9 Å². The fourth-order valence-corrected chi connectivity index (χ4v) is 2.29. The average molecular weight is 298 g/mol. The molecule has 1 aromatic carbocycles. The number of thiophene rings is 1. The molecule has 1 N–H and O–H groups in total. The lowest BCUT2D eigenvalue weighted by molar-refractivity contribution is -0.274. The van der Waals surface area contributed by atoms with Gasteiger partial charge < -0.3 is 10.1 Å². The number of halogens is 3. The lowest BCUT2D eigenvalue weighted by atomic mass is 10.3. The van der Waals surface area contributed by atoms with Crippen LogP contribution in [0.1, 0.15) is 10.4 Å². The molecule has 0 unspecified atom stereocenters. The summed E-state index contributed by atoms with van der Waals surface area (Å²) in [4.78, 5) is 0.850. The van der Waals surface area contributed by atoms with Gasteiger partial charge in [-0.1, -0.05) is 12.1 Å². The third-order valence-electron chi connectivity index (χ3n) is 2.35. The van der Waals surface area contributed by atoms with Gasteiger partial charge in [0, 0.05) is 16.8 Å². The number of nitriles is 1. The molecule has 2 rings (SSSR count). The van der Waals surface area contributed by atoms with Crippen LogP contribution in [0.3, 0.4) is 0 Å². The van der Waals surface area contributed by atoms with Crippen molar-refractivity contribution >= 4 is 17.0 Å². The summed E-state index contributed by atoms with van der Waals surface area (Å²) < 4.78 is 40.7. The lowest BCUT2D eigenvalue weighted by Gasteiger charge is -2.14. The van der Waals surface area contributed by atoms with Crippen LogP contribution >= 0.6 is 11.3 Å². The van der Waals surface area contributed by atoms with Crippen molar-refractivity contribution < 1.29 is 17.9 Å². The third-order valence-corrected chi connectivity index (χ3v) is 3.29. The van der Waals surface area contributed by atoms with Gasteiger partial charge in [-0.3, -0.25) is 0 Å². The molecule has 0 atom stereocenters. The maximum Gasteiger partial charge on any atom is 0.573 e. The van der Waals surface area contributed by atoms with E-state index in [4.69, 9.17) is 5.26 Å². The van der Waals surface area contributed by atoms with Gasteiger partial charge >= 0.3 is 6.36 Å². The van der Waals surface area contributed by atoms with Gasteiger partial charge in [-0.05, 0) is 18.2 Å². The molecular weight excluding hydrogens is 289 g/mol. The summed E-state index contributed by atoms with van der Waals surface area (Å²) in [6.07, 6.45) is -4.73. The SMILES string of the molecule is N#Cc1csc(CNc2ccccc2OC(F)(F)F)c1. The highest BCUT2D eigenvalue weighted by Gasteiger charge is 2.32. The van der Waals surface area contributed by atoms with E-state index in [9.17, 15) is 13.2 Å². The smallest absolute Gasteiger partial charge is 0.404 e. The molecule has 20 heavy (non-hydrogen) atoms. The number of hydrogen-bond donors (Lipinski definition) is 1. The van der Waals surface area contributed by atoms with E-state index in [1.54, 1.807) is 17.5 Å². The lowest BCUT2D eigenvalue weighted by Crippen LogP contribution is -2.18. The maximum atomic E-state index is 12.2. The summed E-state index contributed by atoms with van der Waals surface area (Å²) in [5, 5.41) is 13.3. The number of para-hydroxylation sites is 2. The summed E-state index contributed by atoms with van der Waals surface area (Å²) in [5.74, 6) is -0.280. The van der Waals surface area contributed by atoms with Gasteiger partial charge in [-0.25, -0.2) is 0 Å². The monoisotopic (exact) mass is 298 g/mol. The normalized spacial score (nSPS) is 10.9. The zero-order valence-electron chi connectivity index (χ0n) is 10.1. The van der Waals surface area contributed by atoms with Gasteiger partial charge in [-0.15, -0.1) is 24.5 Å². The van der Waals surface area contributed by atoms with Gasteiger partial charge in [-0.2, -0.15) is 5.26 Å². The van der Waals surface area contributed by atoms with Crippen molar-refractivity contribution in [1.29, 1.82) is 5.26 Å². The molecule has 2 aromatic rings. The van der Waals surface area contributed by atoms with Crippen LogP contribution in [0, 0.1) is 11.3 Å². The molecule has 0 amide bonds. The minimum atomic E-state index is -4.73. The van der Waals surface area contributed by atoms with Crippen molar-refractivity contribution in [2.24, 2.45) is 0 Å². The van der Waals surface area contributed by atoms with E-state index in [0.29, 0.717) is 12.1 Å². The summed E-state index contributed by atoms with van der Waals surface area (Å²) in [7, 11) is 0. The summed E-state index contributed by atoms with van der Waals surface area (Å²) in [5.41, 5.74) is 0.781. The zero-order valence-corrected chi connectivity index (χ0v) is 10.9. The number of alkyl halides is 3. The predicted molar refractivity (Wildman–Crippen MR) is 69.5 cm³/mol. The van der Waals surface area contributed by atoms with Gasteiger partial charge in [0.1, 0.15) is 6.07 Å². The summed E-state index contributed by atoms with van der Waals surface area (Å²) in [6.45, 7) is 0.324. The molecular formula is C13H9F3N2OS. The molecule has 0 fully saturated rings. The second kappa shape index (κ2) is 5.84. The minimum Gasteiger partial charge on any atom is -0.404 e. The Kier molecular flexibility index (Phi) is 4.15. The van der Waals surface area contributed by atoms with Crippen LogP contribution in [-0.2, 0) is 6.54 Å². The van der Waals surface area contributed by atoms with E-state index in [-0.39, 0.29) is 11.4 Å². The molecule has 1 heterocycles. The Hall–Kier alpha value is -2.20. The Morgan fingerprint density at radius 3 is 2.70 bits per heavy atom. The van der Waals surface area contributed by atoms with Crippen LogP contribution in [0.4, 0.5) is 18.9 Å². The number of nitrogens with zero attached hydrogens (tertiary/aromatic N) is 1. The van der Waals surface area contributed by atoms with E-state index in [2.05, 4.69) is 10.1 Å². The van der Waals surface area contributed by atoms with Gasteiger partial charge in [0.2, 0.25) is 0 Å². The van der Waals surface area contributed by atoms with Crippen molar-refractivity contribution in [3.63, 3.8) is 0 Å². The molecule has 104 valence electrons. The minimum absolute atomic E-state index is 0.247. The molecule has 0 bridgehead atoms. The molecule has 0 aliphatic carbocycles. The maximum absolute atomic E-state index is 12.2. The quantitative estimate of drug-likeness (QED) is 0.923. The van der Waals surface area contributed by atoms with E-state index < -0.39 is 6.36 Å². The van der Waals surface area contributed by atoms with Crippen molar-refractivity contribution in [2.75, 3.05) is 5.32 Å². The molecule has 0 saturated carbocycles. The highest BCUT2D eigenvalue weighted by atomic mass is 32.1. The highest BCUT2D eigenvalue weighted by molar-refractivity contribution is 7.10. The van der Waals surface area contributed by atoms with E-state index in [1.165, 1.54) is 29.5 Å². The van der Waals surface area contributed by atoms with Crippen LogP contribution < -0.4 is 10.1 Å². The fourth-order valence-electron chi connectivity index (χ4n) is 1.54. The third kappa shape index (κ3) is 3.90. The Morgan fingerprint density at radius 2 is 2.05 bits per heavy atom. The van der Waals surface area contributed by atoms with Crippen molar-refractivity contribution in [1.82, 2.24) is 0 Å². The largest absolute Gasteiger partial charge is 0.573 e. The molecule has 0 aliphatic heterocycles. The number of ether oxygens (including phenoxy) is 1. The van der Waals surface area contributed by atoms with Crippen molar-refractivity contribution in [3.05, 3.63) is 46.2 Å². The molecule has 7 heteroatoms. The molecule has 0 aliphatic rings. The number of nitrogens with one attached hydrogen (secondary N) is 1. The second-order valence-corrected chi connectivity index (χ2v) is 4.81. The standard InChI is InChI=1S/C13H9F3N2OS/c14-13(15,16)19-12-4-2-1-3-11(12)18-7-10-5-9(6-17)8-20-10/h1-5,8,18H,7H2. The van der Waals surface area contributed by atoms with Crippen LogP contribution in [0.5, 0.6) is 5.75 Å². The second-order valence-electron chi connectivity index (χ2n) is 3.81. The van der Waals surface area contributed by atoms with Gasteiger partial charge in [0.25, 0.3) is 0 Å². The first-order chi connectivity index (χ1) is 9.48. The number of benzene rings is 1. The number of anilines is 1. The topological polar surface area (TPSA) is 45.0 Å². The molecule has 1 aromatic heterocycles. The van der Waals surface area contributed by atoms with Crippen molar-refractivity contribution in [3.8, 4) is 11.8 Å². The predicted octanol–water partition coefficient (Wildman–Crippen LogP) is 4.13. The van der Waals surface area contributed by atoms with Gasteiger partial charge in [0.05, 0.1) is 11.3 Å². The zero-order chi connectivity index (χ0) is 14.6. The van der Waals surface area contributed by atoms with Gasteiger partial charge in [0.15, 0.2) is 5.75 Å². The first-order valence-electron chi connectivity index (χ1n) is 5.54. The Morgan fingerprint density at radius 1 is 1.30 bits per heavy atom.